The highest BCUT2D eigenvalue weighted by Gasteiger charge is 2.31. The summed E-state index contributed by atoms with van der Waals surface area (Å²) in [5.74, 6) is 0.184. The summed E-state index contributed by atoms with van der Waals surface area (Å²) >= 11 is 3.61. The standard InChI is InChI=1S/C33H41BrN2O3/c1-7-24(3)35-32(38)29(19-25-13-9-8-10-14-25)36(21-26-15-11-12-23(2)18-26)31(37)22-39-30-17-16-27(20-28(30)34)33(4,5)6/h8-18,20,24,29H,7,19,21-22H2,1-6H3,(H,35,38)/t24-,29-/m0/s1. The van der Waals surface area contributed by atoms with Crippen LogP contribution in [-0.2, 0) is 28.0 Å². The van der Waals surface area contributed by atoms with E-state index in [1.165, 1.54) is 5.56 Å². The van der Waals surface area contributed by atoms with Crippen molar-refractivity contribution in [3.05, 3.63) is 99.5 Å². The van der Waals surface area contributed by atoms with Crippen LogP contribution in [0.3, 0.4) is 0 Å². The van der Waals surface area contributed by atoms with Crippen molar-refractivity contribution < 1.29 is 14.3 Å². The van der Waals surface area contributed by atoms with E-state index in [2.05, 4.69) is 48.1 Å². The Balaban J connectivity index is 1.92. The molecule has 2 atom stereocenters. The average Bonchev–Trinajstić information content (AvgIpc) is 2.89. The van der Waals surface area contributed by atoms with Gasteiger partial charge in [0.2, 0.25) is 5.91 Å². The van der Waals surface area contributed by atoms with Crippen LogP contribution >= 0.6 is 15.9 Å². The summed E-state index contributed by atoms with van der Waals surface area (Å²) in [4.78, 5) is 29.1. The zero-order valence-corrected chi connectivity index (χ0v) is 25.5. The molecule has 0 bridgehead atoms. The van der Waals surface area contributed by atoms with Crippen LogP contribution in [0.4, 0.5) is 0 Å². The smallest absolute Gasteiger partial charge is 0.261 e. The van der Waals surface area contributed by atoms with Crippen molar-refractivity contribution in [2.45, 2.75) is 78.4 Å². The van der Waals surface area contributed by atoms with Crippen LogP contribution in [0.1, 0.15) is 63.3 Å². The molecular formula is C33H41BrN2O3. The molecule has 6 heteroatoms. The second-order valence-corrected chi connectivity index (χ2v) is 12.1. The van der Waals surface area contributed by atoms with Gasteiger partial charge in [0.25, 0.3) is 5.91 Å². The van der Waals surface area contributed by atoms with E-state index in [1.54, 1.807) is 4.90 Å². The first-order valence-electron chi connectivity index (χ1n) is 13.6. The molecule has 0 fully saturated rings. The van der Waals surface area contributed by atoms with Crippen LogP contribution in [0.25, 0.3) is 0 Å². The number of hydrogen-bond donors (Lipinski definition) is 1. The second kappa shape index (κ2) is 13.8. The maximum atomic E-state index is 13.8. The number of carbonyl (C=O) groups excluding carboxylic acids is 2. The molecule has 0 aliphatic heterocycles. The number of rotatable bonds is 11. The quantitative estimate of drug-likeness (QED) is 0.261. The lowest BCUT2D eigenvalue weighted by Gasteiger charge is -2.32. The molecule has 3 rings (SSSR count). The minimum atomic E-state index is -0.690. The fourth-order valence-corrected chi connectivity index (χ4v) is 4.80. The summed E-state index contributed by atoms with van der Waals surface area (Å²) in [5.41, 5.74) is 4.22. The van der Waals surface area contributed by atoms with E-state index in [1.807, 2.05) is 87.5 Å². The van der Waals surface area contributed by atoms with E-state index in [9.17, 15) is 9.59 Å². The Hall–Kier alpha value is -3.12. The van der Waals surface area contributed by atoms with Crippen molar-refractivity contribution in [2.75, 3.05) is 6.61 Å². The van der Waals surface area contributed by atoms with Crippen molar-refractivity contribution >= 4 is 27.7 Å². The van der Waals surface area contributed by atoms with Crippen molar-refractivity contribution in [1.82, 2.24) is 10.2 Å². The third-order valence-corrected chi connectivity index (χ3v) is 7.48. The molecule has 0 saturated heterocycles. The Morgan fingerprint density at radius 2 is 1.67 bits per heavy atom. The van der Waals surface area contributed by atoms with Gasteiger partial charge in [0.15, 0.2) is 6.61 Å². The van der Waals surface area contributed by atoms with Gasteiger partial charge in [-0.2, -0.15) is 0 Å². The number of ether oxygens (including phenoxy) is 1. The van der Waals surface area contributed by atoms with Crippen LogP contribution in [0, 0.1) is 6.92 Å². The SMILES string of the molecule is CC[C@H](C)NC(=O)[C@H](Cc1ccccc1)N(Cc1cccc(C)c1)C(=O)COc1ccc(C(C)(C)C)cc1Br. The number of benzene rings is 3. The molecule has 39 heavy (non-hydrogen) atoms. The number of nitrogens with zero attached hydrogens (tertiary/aromatic N) is 1. The largest absolute Gasteiger partial charge is 0.483 e. The van der Waals surface area contributed by atoms with Crippen LogP contribution < -0.4 is 10.1 Å². The van der Waals surface area contributed by atoms with E-state index in [-0.39, 0.29) is 29.9 Å². The molecule has 0 aliphatic rings. The second-order valence-electron chi connectivity index (χ2n) is 11.2. The summed E-state index contributed by atoms with van der Waals surface area (Å²) in [6, 6.07) is 23.1. The van der Waals surface area contributed by atoms with Gasteiger partial charge >= 0.3 is 0 Å². The van der Waals surface area contributed by atoms with Crippen molar-refractivity contribution in [2.24, 2.45) is 0 Å². The van der Waals surface area contributed by atoms with Gasteiger partial charge in [0, 0.05) is 19.0 Å². The van der Waals surface area contributed by atoms with E-state index in [0.717, 1.165) is 27.6 Å². The summed E-state index contributed by atoms with van der Waals surface area (Å²) in [7, 11) is 0. The van der Waals surface area contributed by atoms with Gasteiger partial charge in [-0.15, -0.1) is 0 Å². The van der Waals surface area contributed by atoms with Crippen LogP contribution in [0.5, 0.6) is 5.75 Å². The predicted molar refractivity (Wildman–Crippen MR) is 162 cm³/mol. The third-order valence-electron chi connectivity index (χ3n) is 6.86. The summed E-state index contributed by atoms with van der Waals surface area (Å²) in [6.07, 6.45) is 1.21. The summed E-state index contributed by atoms with van der Waals surface area (Å²) in [6.45, 7) is 12.6. The minimum Gasteiger partial charge on any atom is -0.483 e. The molecule has 208 valence electrons. The lowest BCUT2D eigenvalue weighted by Crippen LogP contribution is -2.53. The van der Waals surface area contributed by atoms with Crippen LogP contribution in [-0.4, -0.2) is 35.4 Å². The first-order chi connectivity index (χ1) is 18.5. The Kier molecular flexibility index (Phi) is 10.8. The predicted octanol–water partition coefficient (Wildman–Crippen LogP) is 6.99. The number of nitrogens with one attached hydrogen (secondary N) is 1. The number of hydrogen-bond acceptors (Lipinski definition) is 3. The van der Waals surface area contributed by atoms with Gasteiger partial charge in [-0.25, -0.2) is 0 Å². The van der Waals surface area contributed by atoms with Gasteiger partial charge < -0.3 is 15.0 Å². The zero-order valence-electron chi connectivity index (χ0n) is 24.0. The van der Waals surface area contributed by atoms with E-state index < -0.39 is 6.04 Å². The summed E-state index contributed by atoms with van der Waals surface area (Å²) in [5, 5.41) is 3.10. The van der Waals surface area contributed by atoms with E-state index in [0.29, 0.717) is 18.7 Å². The highest BCUT2D eigenvalue weighted by molar-refractivity contribution is 9.10. The zero-order chi connectivity index (χ0) is 28.6. The average molecular weight is 594 g/mol. The minimum absolute atomic E-state index is 0.000214. The third kappa shape index (κ3) is 8.96. The Bertz CT molecular complexity index is 1250. The molecule has 0 aromatic heterocycles. The molecule has 3 aromatic carbocycles. The molecule has 2 amide bonds. The molecular weight excluding hydrogens is 552 g/mol. The number of halogens is 1. The summed E-state index contributed by atoms with van der Waals surface area (Å²) < 4.78 is 6.82. The van der Waals surface area contributed by atoms with Crippen LogP contribution in [0.2, 0.25) is 0 Å². The molecule has 5 nitrogen and oxygen atoms in total. The van der Waals surface area contributed by atoms with Gasteiger partial charge in [-0.05, 0) is 70.4 Å². The monoisotopic (exact) mass is 592 g/mol. The molecule has 3 aromatic rings. The highest BCUT2D eigenvalue weighted by atomic mass is 79.9. The first kappa shape index (κ1) is 30.4. The first-order valence-corrected chi connectivity index (χ1v) is 14.4. The Labute approximate surface area is 242 Å². The molecule has 1 N–H and O–H groups in total. The number of amides is 2. The molecule has 0 heterocycles. The molecule has 0 aliphatic carbocycles. The Morgan fingerprint density at radius 1 is 0.974 bits per heavy atom. The Morgan fingerprint density at radius 3 is 2.28 bits per heavy atom. The molecule has 0 spiro atoms. The maximum Gasteiger partial charge on any atom is 0.261 e. The topological polar surface area (TPSA) is 58.6 Å². The van der Waals surface area contributed by atoms with Crippen molar-refractivity contribution in [3.8, 4) is 5.75 Å². The fourth-order valence-electron chi connectivity index (χ4n) is 4.31. The fraction of sp³-hybridized carbons (Fsp3) is 0.394. The van der Waals surface area contributed by atoms with E-state index >= 15 is 0 Å². The van der Waals surface area contributed by atoms with Gasteiger partial charge in [0.1, 0.15) is 11.8 Å². The number of aryl methyl sites for hydroxylation is 1. The van der Waals surface area contributed by atoms with Gasteiger partial charge in [-0.3, -0.25) is 9.59 Å². The van der Waals surface area contributed by atoms with Crippen LogP contribution in [0.15, 0.2) is 77.3 Å². The lowest BCUT2D eigenvalue weighted by atomic mass is 9.87. The van der Waals surface area contributed by atoms with Gasteiger partial charge in [-0.1, -0.05) is 93.9 Å². The highest BCUT2D eigenvalue weighted by Crippen LogP contribution is 2.31. The van der Waals surface area contributed by atoms with Crippen molar-refractivity contribution in [3.63, 3.8) is 0 Å². The maximum absolute atomic E-state index is 13.8. The molecule has 0 unspecified atom stereocenters. The van der Waals surface area contributed by atoms with Gasteiger partial charge in [0.05, 0.1) is 4.47 Å². The normalized spacial score (nSPS) is 12.9. The number of carbonyl (C=O) groups is 2. The molecule has 0 radical (unpaired) electrons. The lowest BCUT2D eigenvalue weighted by molar-refractivity contribution is -0.143. The molecule has 0 saturated carbocycles. The van der Waals surface area contributed by atoms with E-state index in [4.69, 9.17) is 4.74 Å². The van der Waals surface area contributed by atoms with Crippen molar-refractivity contribution in [1.29, 1.82) is 0 Å².